The molecule has 1 N–H and O–H groups in total. The average molecular weight is 327 g/mol. The summed E-state index contributed by atoms with van der Waals surface area (Å²) in [6.45, 7) is 7.99. The first-order chi connectivity index (χ1) is 10.6. The van der Waals surface area contributed by atoms with Crippen LogP contribution in [-0.2, 0) is 21.5 Å². The van der Waals surface area contributed by atoms with E-state index in [1.807, 2.05) is 38.1 Å². The van der Waals surface area contributed by atoms with Gasteiger partial charge >= 0.3 is 0 Å². The molecule has 124 valence electrons. The van der Waals surface area contributed by atoms with Gasteiger partial charge in [-0.2, -0.15) is 17.4 Å². The normalized spacial score (nSPS) is 16.2. The molecule has 1 fully saturated rings. The minimum absolute atomic E-state index is 0.298. The molecule has 1 aromatic carbocycles. The van der Waals surface area contributed by atoms with Gasteiger partial charge in [0.15, 0.2) is 0 Å². The van der Waals surface area contributed by atoms with Crippen LogP contribution in [0, 0.1) is 0 Å². The molecule has 0 bridgehead atoms. The molecule has 6 nitrogen and oxygen atoms in total. The van der Waals surface area contributed by atoms with Crippen LogP contribution >= 0.6 is 0 Å². The molecule has 1 aliphatic heterocycles. The van der Waals surface area contributed by atoms with Crippen LogP contribution in [0.2, 0.25) is 0 Å². The van der Waals surface area contributed by atoms with Crippen molar-refractivity contribution >= 4 is 15.9 Å². The zero-order chi connectivity index (χ0) is 16.0. The Morgan fingerprint density at radius 2 is 1.82 bits per heavy atom. The highest BCUT2D eigenvalue weighted by Crippen LogP contribution is 2.21. The lowest BCUT2D eigenvalue weighted by atomic mass is 10.1. The van der Waals surface area contributed by atoms with Gasteiger partial charge in [-0.05, 0) is 11.6 Å². The predicted molar refractivity (Wildman–Crippen MR) is 88.2 cm³/mol. The zero-order valence-electron chi connectivity index (χ0n) is 13.3. The molecule has 1 heterocycles. The van der Waals surface area contributed by atoms with Gasteiger partial charge in [-0.3, -0.25) is 0 Å². The molecular formula is C15H25N3O3S. The van der Waals surface area contributed by atoms with Gasteiger partial charge in [0, 0.05) is 38.4 Å². The first-order valence-electron chi connectivity index (χ1n) is 7.73. The summed E-state index contributed by atoms with van der Waals surface area (Å²) in [6, 6.07) is 7.92. The maximum absolute atomic E-state index is 12.2. The fraction of sp³-hybridized carbons (Fsp3) is 0.600. The molecule has 22 heavy (non-hydrogen) atoms. The second kappa shape index (κ2) is 7.92. The SMILES string of the molecule is CCN(CC)S(=O)(=O)NCc1ccccc1N1CCOCC1. The lowest BCUT2D eigenvalue weighted by Gasteiger charge is -2.30. The van der Waals surface area contributed by atoms with Crippen LogP contribution in [-0.4, -0.2) is 52.1 Å². The van der Waals surface area contributed by atoms with E-state index in [0.29, 0.717) is 32.8 Å². The number of morpholine rings is 1. The predicted octanol–water partition coefficient (Wildman–Crippen LogP) is 1.20. The van der Waals surface area contributed by atoms with Gasteiger partial charge in [0.1, 0.15) is 0 Å². The maximum Gasteiger partial charge on any atom is 0.279 e. The van der Waals surface area contributed by atoms with Crippen LogP contribution in [0.4, 0.5) is 5.69 Å². The van der Waals surface area contributed by atoms with Crippen molar-refractivity contribution in [1.82, 2.24) is 9.03 Å². The maximum atomic E-state index is 12.2. The van der Waals surface area contributed by atoms with Crippen LogP contribution in [0.5, 0.6) is 0 Å². The highest BCUT2D eigenvalue weighted by molar-refractivity contribution is 7.87. The fourth-order valence-corrected chi connectivity index (χ4v) is 3.80. The molecule has 0 aromatic heterocycles. The topological polar surface area (TPSA) is 61.9 Å². The van der Waals surface area contributed by atoms with Crippen molar-refractivity contribution in [1.29, 1.82) is 0 Å². The molecule has 0 saturated carbocycles. The van der Waals surface area contributed by atoms with Gasteiger partial charge in [-0.25, -0.2) is 0 Å². The zero-order valence-corrected chi connectivity index (χ0v) is 14.1. The van der Waals surface area contributed by atoms with E-state index in [-0.39, 0.29) is 0 Å². The Morgan fingerprint density at radius 1 is 1.18 bits per heavy atom. The van der Waals surface area contributed by atoms with E-state index in [1.165, 1.54) is 4.31 Å². The number of para-hydroxylation sites is 1. The van der Waals surface area contributed by atoms with Gasteiger partial charge in [0.2, 0.25) is 0 Å². The number of hydrogen-bond acceptors (Lipinski definition) is 4. The van der Waals surface area contributed by atoms with E-state index in [2.05, 4.69) is 9.62 Å². The standard InChI is InChI=1S/C15H25N3O3S/c1-3-18(4-2)22(19,20)16-13-14-7-5-6-8-15(14)17-9-11-21-12-10-17/h5-8,16H,3-4,9-13H2,1-2H3. The highest BCUT2D eigenvalue weighted by Gasteiger charge is 2.19. The van der Waals surface area contributed by atoms with E-state index < -0.39 is 10.2 Å². The Morgan fingerprint density at radius 3 is 2.45 bits per heavy atom. The number of benzene rings is 1. The van der Waals surface area contributed by atoms with Crippen molar-refractivity contribution in [3.8, 4) is 0 Å². The van der Waals surface area contributed by atoms with Gasteiger partial charge in [0.25, 0.3) is 10.2 Å². The van der Waals surface area contributed by atoms with Crippen LogP contribution in [0.15, 0.2) is 24.3 Å². The van der Waals surface area contributed by atoms with Crippen LogP contribution in [0.25, 0.3) is 0 Å². The summed E-state index contributed by atoms with van der Waals surface area (Å²) in [7, 11) is -3.43. The Kier molecular flexibility index (Phi) is 6.19. The molecular weight excluding hydrogens is 302 g/mol. The van der Waals surface area contributed by atoms with Crippen molar-refractivity contribution in [2.24, 2.45) is 0 Å². The summed E-state index contributed by atoms with van der Waals surface area (Å²) in [5.41, 5.74) is 2.06. The van der Waals surface area contributed by atoms with E-state index in [4.69, 9.17) is 4.74 Å². The minimum atomic E-state index is -3.43. The minimum Gasteiger partial charge on any atom is -0.378 e. The first-order valence-corrected chi connectivity index (χ1v) is 9.17. The third-order valence-corrected chi connectivity index (χ3v) is 5.54. The molecule has 1 aliphatic rings. The van der Waals surface area contributed by atoms with Crippen LogP contribution < -0.4 is 9.62 Å². The molecule has 0 spiro atoms. The highest BCUT2D eigenvalue weighted by atomic mass is 32.2. The molecule has 1 aromatic rings. The first kappa shape index (κ1) is 17.2. The van der Waals surface area contributed by atoms with Crippen molar-refractivity contribution in [2.45, 2.75) is 20.4 Å². The number of anilines is 1. The second-order valence-corrected chi connectivity index (χ2v) is 6.89. The quantitative estimate of drug-likeness (QED) is 0.817. The lowest BCUT2D eigenvalue weighted by molar-refractivity contribution is 0.122. The molecule has 0 atom stereocenters. The third-order valence-electron chi connectivity index (χ3n) is 3.83. The van der Waals surface area contributed by atoms with Gasteiger partial charge in [-0.1, -0.05) is 32.0 Å². The number of ether oxygens (including phenoxy) is 1. The molecule has 0 amide bonds. The fourth-order valence-electron chi connectivity index (χ4n) is 2.60. The number of rotatable bonds is 7. The number of nitrogens with zero attached hydrogens (tertiary/aromatic N) is 2. The molecule has 1 saturated heterocycles. The molecule has 2 rings (SSSR count). The van der Waals surface area contributed by atoms with Crippen LogP contribution in [0.1, 0.15) is 19.4 Å². The van der Waals surface area contributed by atoms with E-state index in [0.717, 1.165) is 24.3 Å². The van der Waals surface area contributed by atoms with Crippen LogP contribution in [0.3, 0.4) is 0 Å². The van der Waals surface area contributed by atoms with Gasteiger partial charge in [-0.15, -0.1) is 0 Å². The van der Waals surface area contributed by atoms with E-state index >= 15 is 0 Å². The van der Waals surface area contributed by atoms with E-state index in [9.17, 15) is 8.42 Å². The summed E-state index contributed by atoms with van der Waals surface area (Å²) < 4.78 is 34.0. The van der Waals surface area contributed by atoms with Crippen molar-refractivity contribution in [3.05, 3.63) is 29.8 Å². The smallest absolute Gasteiger partial charge is 0.279 e. The monoisotopic (exact) mass is 327 g/mol. The largest absolute Gasteiger partial charge is 0.378 e. The number of hydrogen-bond donors (Lipinski definition) is 1. The number of nitrogens with one attached hydrogen (secondary N) is 1. The van der Waals surface area contributed by atoms with Crippen molar-refractivity contribution in [3.63, 3.8) is 0 Å². The average Bonchev–Trinajstić information content (AvgIpc) is 2.55. The Balaban J connectivity index is 2.10. The Bertz CT molecular complexity index is 567. The summed E-state index contributed by atoms with van der Waals surface area (Å²) in [4.78, 5) is 2.24. The summed E-state index contributed by atoms with van der Waals surface area (Å²) >= 11 is 0. The molecule has 0 radical (unpaired) electrons. The molecule has 0 aliphatic carbocycles. The second-order valence-electron chi connectivity index (χ2n) is 5.14. The summed E-state index contributed by atoms with van der Waals surface area (Å²) in [6.07, 6.45) is 0. The summed E-state index contributed by atoms with van der Waals surface area (Å²) in [5, 5.41) is 0. The van der Waals surface area contributed by atoms with Gasteiger partial charge in [0.05, 0.1) is 13.2 Å². The van der Waals surface area contributed by atoms with Crippen molar-refractivity contribution in [2.75, 3.05) is 44.3 Å². The molecule has 0 unspecified atom stereocenters. The van der Waals surface area contributed by atoms with E-state index in [1.54, 1.807) is 0 Å². The summed E-state index contributed by atoms with van der Waals surface area (Å²) in [5.74, 6) is 0. The third kappa shape index (κ3) is 4.19. The molecule has 7 heteroatoms. The van der Waals surface area contributed by atoms with Crippen molar-refractivity contribution < 1.29 is 13.2 Å². The Hall–Kier alpha value is -1.15. The Labute approximate surface area is 133 Å². The lowest BCUT2D eigenvalue weighted by Crippen LogP contribution is -2.41. The van der Waals surface area contributed by atoms with Gasteiger partial charge < -0.3 is 9.64 Å².